The summed E-state index contributed by atoms with van der Waals surface area (Å²) in [7, 11) is 0. The van der Waals surface area contributed by atoms with E-state index >= 15 is 0 Å². The van der Waals surface area contributed by atoms with Crippen molar-refractivity contribution in [2.75, 3.05) is 0 Å². The fourth-order valence-electron chi connectivity index (χ4n) is 1.11. The minimum atomic E-state index is -0.250. The van der Waals surface area contributed by atoms with Crippen LogP contribution in [0.15, 0.2) is 36.5 Å². The van der Waals surface area contributed by atoms with Crippen molar-refractivity contribution in [2.45, 2.75) is 0 Å². The van der Waals surface area contributed by atoms with E-state index in [1.807, 2.05) is 30.3 Å². The molecule has 0 saturated carbocycles. The third-order valence-electron chi connectivity index (χ3n) is 1.74. The van der Waals surface area contributed by atoms with Crippen LogP contribution in [0.2, 0.25) is 0 Å². The second-order valence-corrected chi connectivity index (χ2v) is 2.65. The van der Waals surface area contributed by atoms with Gasteiger partial charge in [-0.05, 0) is 0 Å². The molecular weight excluding hydrogens is 166 g/mol. The number of hydrazine groups is 1. The lowest BCUT2D eigenvalue weighted by molar-refractivity contribution is 0.240. The second-order valence-electron chi connectivity index (χ2n) is 2.65. The maximum Gasteiger partial charge on any atom is 0.337 e. The summed E-state index contributed by atoms with van der Waals surface area (Å²) in [6.45, 7) is 0. The number of amides is 2. The molecule has 0 unspecified atom stereocenters. The van der Waals surface area contributed by atoms with E-state index in [0.29, 0.717) is 0 Å². The van der Waals surface area contributed by atoms with E-state index in [0.717, 1.165) is 11.3 Å². The standard InChI is InChI=1S/C9H9N3O/c13-9-10-6-8(11-12-9)7-4-2-1-3-5-7/h1-6,11H,(H2,10,12,13). The highest BCUT2D eigenvalue weighted by atomic mass is 16.2. The highest BCUT2D eigenvalue weighted by Crippen LogP contribution is 2.09. The highest BCUT2D eigenvalue weighted by Gasteiger charge is 2.07. The van der Waals surface area contributed by atoms with Gasteiger partial charge in [-0.1, -0.05) is 30.3 Å². The quantitative estimate of drug-likeness (QED) is 0.591. The van der Waals surface area contributed by atoms with Gasteiger partial charge >= 0.3 is 6.03 Å². The Morgan fingerprint density at radius 3 is 2.38 bits per heavy atom. The van der Waals surface area contributed by atoms with Gasteiger partial charge in [-0.2, -0.15) is 0 Å². The first-order valence-corrected chi connectivity index (χ1v) is 3.94. The number of carbonyl (C=O) groups is 1. The van der Waals surface area contributed by atoms with Gasteiger partial charge in [-0.3, -0.25) is 10.9 Å². The Kier molecular flexibility index (Phi) is 1.88. The van der Waals surface area contributed by atoms with Crippen LogP contribution in [-0.4, -0.2) is 6.03 Å². The molecule has 0 spiro atoms. The number of benzene rings is 1. The predicted molar refractivity (Wildman–Crippen MR) is 49.2 cm³/mol. The molecule has 0 aromatic heterocycles. The van der Waals surface area contributed by atoms with E-state index in [1.165, 1.54) is 0 Å². The molecule has 4 nitrogen and oxygen atoms in total. The monoisotopic (exact) mass is 175 g/mol. The first kappa shape index (κ1) is 7.67. The van der Waals surface area contributed by atoms with Gasteiger partial charge in [0.15, 0.2) is 0 Å². The van der Waals surface area contributed by atoms with Gasteiger partial charge in [0.25, 0.3) is 0 Å². The van der Waals surface area contributed by atoms with Crippen molar-refractivity contribution < 1.29 is 4.79 Å². The Morgan fingerprint density at radius 2 is 1.77 bits per heavy atom. The van der Waals surface area contributed by atoms with Gasteiger partial charge in [0.05, 0.1) is 5.70 Å². The zero-order chi connectivity index (χ0) is 9.10. The van der Waals surface area contributed by atoms with Gasteiger partial charge in [-0.15, -0.1) is 0 Å². The van der Waals surface area contributed by atoms with Crippen molar-refractivity contribution in [3.63, 3.8) is 0 Å². The van der Waals surface area contributed by atoms with Crippen molar-refractivity contribution >= 4 is 11.7 Å². The summed E-state index contributed by atoms with van der Waals surface area (Å²) in [6, 6.07) is 9.48. The first-order valence-electron chi connectivity index (χ1n) is 3.94. The summed E-state index contributed by atoms with van der Waals surface area (Å²) < 4.78 is 0. The van der Waals surface area contributed by atoms with Crippen LogP contribution in [-0.2, 0) is 0 Å². The van der Waals surface area contributed by atoms with E-state index in [-0.39, 0.29) is 6.03 Å². The minimum absolute atomic E-state index is 0.250. The minimum Gasteiger partial charge on any atom is -0.311 e. The van der Waals surface area contributed by atoms with Crippen LogP contribution >= 0.6 is 0 Å². The van der Waals surface area contributed by atoms with Gasteiger partial charge in [0.1, 0.15) is 0 Å². The average Bonchev–Trinajstić information content (AvgIpc) is 2.20. The number of nitrogens with one attached hydrogen (secondary N) is 3. The molecule has 1 aliphatic rings. The normalized spacial score (nSPS) is 15.1. The smallest absolute Gasteiger partial charge is 0.311 e. The fraction of sp³-hybridized carbons (Fsp3) is 0. The van der Waals surface area contributed by atoms with E-state index in [9.17, 15) is 4.79 Å². The lowest BCUT2D eigenvalue weighted by Gasteiger charge is -2.17. The molecular formula is C9H9N3O. The SMILES string of the molecule is O=C1NC=C(c2ccccc2)NN1. The number of urea groups is 1. The molecule has 0 aliphatic carbocycles. The molecule has 1 heterocycles. The lowest BCUT2D eigenvalue weighted by atomic mass is 10.2. The maximum absolute atomic E-state index is 10.7. The molecule has 1 aromatic carbocycles. The Hall–Kier alpha value is -1.97. The third kappa shape index (κ3) is 1.61. The molecule has 0 bridgehead atoms. The van der Waals surface area contributed by atoms with Crippen LogP contribution in [0.3, 0.4) is 0 Å². The number of hydrogen-bond donors (Lipinski definition) is 3. The van der Waals surface area contributed by atoms with E-state index in [4.69, 9.17) is 0 Å². The molecule has 0 radical (unpaired) electrons. The molecule has 0 atom stereocenters. The molecule has 0 saturated heterocycles. The van der Waals surface area contributed by atoms with E-state index in [1.54, 1.807) is 6.20 Å². The Morgan fingerprint density at radius 1 is 1.00 bits per heavy atom. The predicted octanol–water partition coefficient (Wildman–Crippen LogP) is 0.802. The summed E-state index contributed by atoms with van der Waals surface area (Å²) in [5.41, 5.74) is 7.12. The van der Waals surface area contributed by atoms with Gasteiger partial charge < -0.3 is 5.32 Å². The van der Waals surface area contributed by atoms with Crippen LogP contribution in [0.1, 0.15) is 5.56 Å². The number of rotatable bonds is 1. The molecule has 2 rings (SSSR count). The molecule has 2 amide bonds. The Bertz CT molecular complexity index is 345. The average molecular weight is 175 g/mol. The molecule has 13 heavy (non-hydrogen) atoms. The van der Waals surface area contributed by atoms with Crippen LogP contribution in [0.5, 0.6) is 0 Å². The summed E-state index contributed by atoms with van der Waals surface area (Å²) in [5.74, 6) is 0. The summed E-state index contributed by atoms with van der Waals surface area (Å²) in [4.78, 5) is 10.7. The summed E-state index contributed by atoms with van der Waals surface area (Å²) >= 11 is 0. The first-order chi connectivity index (χ1) is 6.36. The van der Waals surface area contributed by atoms with Gasteiger partial charge in [-0.25, -0.2) is 4.79 Å². The zero-order valence-corrected chi connectivity index (χ0v) is 6.87. The second kappa shape index (κ2) is 3.18. The molecule has 66 valence electrons. The van der Waals surface area contributed by atoms with Crippen molar-refractivity contribution in [1.82, 2.24) is 16.2 Å². The van der Waals surface area contributed by atoms with Crippen LogP contribution in [0.4, 0.5) is 4.79 Å². The third-order valence-corrected chi connectivity index (χ3v) is 1.74. The molecule has 0 fully saturated rings. The lowest BCUT2D eigenvalue weighted by Crippen LogP contribution is -2.45. The molecule has 3 N–H and O–H groups in total. The van der Waals surface area contributed by atoms with Gasteiger partial charge in [0.2, 0.25) is 0 Å². The topological polar surface area (TPSA) is 53.2 Å². The van der Waals surface area contributed by atoms with Crippen LogP contribution < -0.4 is 16.2 Å². The van der Waals surface area contributed by atoms with Crippen LogP contribution in [0, 0.1) is 0 Å². The van der Waals surface area contributed by atoms with Crippen molar-refractivity contribution in [1.29, 1.82) is 0 Å². The molecule has 1 aliphatic heterocycles. The summed E-state index contributed by atoms with van der Waals surface area (Å²) in [6.07, 6.45) is 1.63. The fourth-order valence-corrected chi connectivity index (χ4v) is 1.11. The Labute approximate surface area is 75.6 Å². The zero-order valence-electron chi connectivity index (χ0n) is 6.87. The molecule has 1 aromatic rings. The maximum atomic E-state index is 10.7. The number of hydrogen-bond acceptors (Lipinski definition) is 2. The Balaban J connectivity index is 2.23. The van der Waals surface area contributed by atoms with Crippen molar-refractivity contribution in [3.05, 3.63) is 42.1 Å². The van der Waals surface area contributed by atoms with Crippen LogP contribution in [0.25, 0.3) is 5.70 Å². The van der Waals surface area contributed by atoms with Crippen molar-refractivity contribution in [3.8, 4) is 0 Å². The highest BCUT2D eigenvalue weighted by molar-refractivity contribution is 5.81. The summed E-state index contributed by atoms with van der Waals surface area (Å²) in [5, 5.41) is 2.56. The number of carbonyl (C=O) groups excluding carboxylic acids is 1. The van der Waals surface area contributed by atoms with Crippen molar-refractivity contribution in [2.24, 2.45) is 0 Å². The van der Waals surface area contributed by atoms with E-state index < -0.39 is 0 Å². The van der Waals surface area contributed by atoms with E-state index in [2.05, 4.69) is 16.2 Å². The van der Waals surface area contributed by atoms with Gasteiger partial charge in [0, 0.05) is 11.8 Å². The largest absolute Gasteiger partial charge is 0.337 e. The molecule has 4 heteroatoms.